The molecule has 6 heteroatoms. The molecule has 0 bridgehead atoms. The second-order valence-electron chi connectivity index (χ2n) is 7.75. The van der Waals surface area contributed by atoms with Crippen molar-refractivity contribution in [2.75, 3.05) is 47.4 Å². The van der Waals surface area contributed by atoms with Gasteiger partial charge >= 0.3 is 0 Å². The molecule has 0 spiro atoms. The SMILES string of the molecule is COc1ccc(C2C(C(=O)N3CCN(C)CC3)C2c2ccc(OC)cc2)cc1.Cl. The highest BCUT2D eigenvalue weighted by Gasteiger charge is 2.57. The van der Waals surface area contributed by atoms with E-state index in [0.29, 0.717) is 0 Å². The summed E-state index contributed by atoms with van der Waals surface area (Å²) in [6, 6.07) is 16.3. The summed E-state index contributed by atoms with van der Waals surface area (Å²) < 4.78 is 10.6. The minimum Gasteiger partial charge on any atom is -0.497 e. The molecule has 2 aromatic carbocycles. The number of piperazine rings is 1. The number of rotatable bonds is 5. The van der Waals surface area contributed by atoms with Crippen molar-refractivity contribution in [3.05, 3.63) is 59.7 Å². The van der Waals surface area contributed by atoms with Crippen LogP contribution in [-0.4, -0.2) is 63.2 Å². The lowest BCUT2D eigenvalue weighted by Gasteiger charge is -2.32. The van der Waals surface area contributed by atoms with E-state index in [9.17, 15) is 4.79 Å². The third kappa shape index (κ3) is 4.36. The molecule has 2 atom stereocenters. The van der Waals surface area contributed by atoms with E-state index in [0.717, 1.165) is 37.7 Å². The van der Waals surface area contributed by atoms with Gasteiger partial charge in [0, 0.05) is 38.0 Å². The van der Waals surface area contributed by atoms with Gasteiger partial charge in [0.1, 0.15) is 11.5 Å². The number of amides is 1. The fourth-order valence-corrected chi connectivity index (χ4v) is 4.34. The van der Waals surface area contributed by atoms with Gasteiger partial charge in [0.05, 0.1) is 20.1 Å². The smallest absolute Gasteiger partial charge is 0.227 e. The average molecular weight is 417 g/mol. The first-order valence-electron chi connectivity index (χ1n) is 9.87. The Kier molecular flexibility index (Phi) is 6.70. The summed E-state index contributed by atoms with van der Waals surface area (Å²) in [5, 5.41) is 0. The number of hydrogen-bond acceptors (Lipinski definition) is 4. The number of hydrogen-bond donors (Lipinski definition) is 0. The van der Waals surface area contributed by atoms with Gasteiger partial charge in [-0.3, -0.25) is 4.79 Å². The van der Waals surface area contributed by atoms with Gasteiger partial charge in [-0.1, -0.05) is 24.3 Å². The standard InChI is InChI=1S/C23H28N2O3.ClH/c1-24-12-14-25(15-13-24)23(26)22-20(16-4-8-18(27-2)9-5-16)21(22)17-6-10-19(28-3)11-7-17;/h4-11,20-22H,12-15H2,1-3H3;1H. The Hall–Kier alpha value is -2.24. The largest absolute Gasteiger partial charge is 0.497 e. The summed E-state index contributed by atoms with van der Waals surface area (Å²) in [6.07, 6.45) is 0. The van der Waals surface area contributed by atoms with Crippen molar-refractivity contribution in [1.82, 2.24) is 9.80 Å². The van der Waals surface area contributed by atoms with Crippen LogP contribution in [0.4, 0.5) is 0 Å². The predicted molar refractivity (Wildman–Crippen MR) is 116 cm³/mol. The van der Waals surface area contributed by atoms with Crippen molar-refractivity contribution < 1.29 is 14.3 Å². The lowest BCUT2D eigenvalue weighted by Crippen LogP contribution is -2.47. The summed E-state index contributed by atoms with van der Waals surface area (Å²) in [5.74, 6) is 2.40. The van der Waals surface area contributed by atoms with Gasteiger partial charge in [0.25, 0.3) is 0 Å². The number of nitrogens with zero attached hydrogens (tertiary/aromatic N) is 2. The van der Waals surface area contributed by atoms with E-state index >= 15 is 0 Å². The zero-order valence-corrected chi connectivity index (χ0v) is 18.0. The van der Waals surface area contributed by atoms with Gasteiger partial charge in [-0.05, 0) is 42.4 Å². The van der Waals surface area contributed by atoms with Crippen molar-refractivity contribution in [2.45, 2.75) is 11.8 Å². The van der Waals surface area contributed by atoms with Gasteiger partial charge < -0.3 is 19.3 Å². The van der Waals surface area contributed by atoms with Gasteiger partial charge in [0.2, 0.25) is 5.91 Å². The number of ether oxygens (including phenoxy) is 2. The zero-order valence-electron chi connectivity index (χ0n) is 17.2. The van der Waals surface area contributed by atoms with Crippen LogP contribution in [0.3, 0.4) is 0 Å². The van der Waals surface area contributed by atoms with Crippen molar-refractivity contribution in [2.24, 2.45) is 5.92 Å². The Morgan fingerprint density at radius 3 is 1.59 bits per heavy atom. The third-order valence-electron chi connectivity index (χ3n) is 6.12. The first-order valence-corrected chi connectivity index (χ1v) is 9.87. The molecule has 29 heavy (non-hydrogen) atoms. The molecule has 2 fully saturated rings. The minimum atomic E-state index is 0. The summed E-state index contributed by atoms with van der Waals surface area (Å²) in [7, 11) is 5.46. The molecule has 2 aromatic rings. The van der Waals surface area contributed by atoms with E-state index in [1.54, 1.807) is 14.2 Å². The van der Waals surface area contributed by atoms with Crippen LogP contribution in [0.1, 0.15) is 23.0 Å². The van der Waals surface area contributed by atoms with E-state index in [1.807, 2.05) is 29.2 Å². The number of likely N-dealkylation sites (N-methyl/N-ethyl adjacent to an activating group) is 1. The number of halogens is 1. The fraction of sp³-hybridized carbons (Fsp3) is 0.435. The predicted octanol–water partition coefficient (Wildman–Crippen LogP) is 3.40. The normalized spacial score (nSPS) is 23.8. The highest BCUT2D eigenvalue weighted by Crippen LogP contribution is 2.61. The molecule has 2 aliphatic rings. The molecular formula is C23H29ClN2O3. The lowest BCUT2D eigenvalue weighted by atomic mass is 10.0. The molecule has 5 nitrogen and oxygen atoms in total. The zero-order chi connectivity index (χ0) is 19.7. The van der Waals surface area contributed by atoms with E-state index in [1.165, 1.54) is 11.1 Å². The molecular weight excluding hydrogens is 388 g/mol. The van der Waals surface area contributed by atoms with Crippen molar-refractivity contribution in [3.8, 4) is 11.5 Å². The highest BCUT2D eigenvalue weighted by molar-refractivity contribution is 5.86. The van der Waals surface area contributed by atoms with Crippen LogP contribution >= 0.6 is 12.4 Å². The summed E-state index contributed by atoms with van der Waals surface area (Å²) in [6.45, 7) is 3.52. The maximum atomic E-state index is 13.3. The van der Waals surface area contributed by atoms with Crippen molar-refractivity contribution >= 4 is 18.3 Å². The molecule has 1 saturated carbocycles. The summed E-state index contributed by atoms with van der Waals surface area (Å²) >= 11 is 0. The van der Waals surface area contributed by atoms with Gasteiger partial charge in [-0.25, -0.2) is 0 Å². The van der Waals surface area contributed by atoms with Crippen LogP contribution < -0.4 is 9.47 Å². The topological polar surface area (TPSA) is 42.0 Å². The molecule has 0 radical (unpaired) electrons. The molecule has 1 saturated heterocycles. The Balaban J connectivity index is 0.00000240. The molecule has 0 aromatic heterocycles. The second kappa shape index (κ2) is 9.06. The van der Waals surface area contributed by atoms with Gasteiger partial charge in [0.15, 0.2) is 0 Å². The summed E-state index contributed by atoms with van der Waals surface area (Å²) in [4.78, 5) is 17.7. The molecule has 1 amide bonds. The maximum absolute atomic E-state index is 13.3. The Bertz CT molecular complexity index is 764. The Morgan fingerprint density at radius 1 is 0.793 bits per heavy atom. The number of carbonyl (C=O) groups excluding carboxylic acids is 1. The molecule has 156 valence electrons. The quantitative estimate of drug-likeness (QED) is 0.749. The lowest BCUT2D eigenvalue weighted by molar-refractivity contribution is -0.134. The molecule has 1 aliphatic heterocycles. The highest BCUT2D eigenvalue weighted by atomic mass is 35.5. The van der Waals surface area contributed by atoms with Gasteiger partial charge in [-0.15, -0.1) is 12.4 Å². The van der Waals surface area contributed by atoms with Crippen molar-refractivity contribution in [3.63, 3.8) is 0 Å². The number of benzene rings is 2. The van der Waals surface area contributed by atoms with Crippen LogP contribution in [-0.2, 0) is 4.79 Å². The first-order chi connectivity index (χ1) is 13.6. The van der Waals surface area contributed by atoms with Crippen LogP contribution in [0.2, 0.25) is 0 Å². The molecule has 2 unspecified atom stereocenters. The van der Waals surface area contributed by atoms with Crippen LogP contribution in [0, 0.1) is 5.92 Å². The van der Waals surface area contributed by atoms with Crippen molar-refractivity contribution in [1.29, 1.82) is 0 Å². The Morgan fingerprint density at radius 2 is 1.21 bits per heavy atom. The molecule has 4 rings (SSSR count). The van der Waals surface area contributed by atoms with E-state index in [4.69, 9.17) is 9.47 Å². The molecule has 0 N–H and O–H groups in total. The monoisotopic (exact) mass is 416 g/mol. The maximum Gasteiger partial charge on any atom is 0.227 e. The third-order valence-corrected chi connectivity index (χ3v) is 6.12. The molecule has 1 heterocycles. The fourth-order valence-electron chi connectivity index (χ4n) is 4.34. The minimum absolute atomic E-state index is 0. The van der Waals surface area contributed by atoms with E-state index in [-0.39, 0.29) is 36.1 Å². The number of carbonyl (C=O) groups is 1. The first kappa shape index (κ1) is 21.5. The van der Waals surface area contributed by atoms with E-state index in [2.05, 4.69) is 36.2 Å². The summed E-state index contributed by atoms with van der Waals surface area (Å²) in [5.41, 5.74) is 2.41. The average Bonchev–Trinajstić information content (AvgIpc) is 3.49. The van der Waals surface area contributed by atoms with Crippen LogP contribution in [0.25, 0.3) is 0 Å². The van der Waals surface area contributed by atoms with E-state index < -0.39 is 0 Å². The number of methoxy groups -OCH3 is 2. The molecule has 1 aliphatic carbocycles. The Labute approximate surface area is 179 Å². The van der Waals surface area contributed by atoms with Crippen LogP contribution in [0.15, 0.2) is 48.5 Å². The van der Waals surface area contributed by atoms with Gasteiger partial charge in [-0.2, -0.15) is 0 Å². The second-order valence-corrected chi connectivity index (χ2v) is 7.75. The van der Waals surface area contributed by atoms with Crippen LogP contribution in [0.5, 0.6) is 11.5 Å².